The Morgan fingerprint density at radius 1 is 1.31 bits per heavy atom. The SMILES string of the molecule is CC1COc2c(N3CCN(C)CC3)c(F)cc3c(=O)c(C(=O)O)cn1c23.CCO. The fraction of sp³-hybridized carbons (Fsp3) is 0.500. The van der Waals surface area contributed by atoms with Crippen LogP contribution in [-0.2, 0) is 0 Å². The summed E-state index contributed by atoms with van der Waals surface area (Å²) in [5, 5.41) is 16.9. The van der Waals surface area contributed by atoms with Gasteiger partial charge in [0.1, 0.15) is 17.9 Å². The largest absolute Gasteiger partial charge is 0.487 e. The van der Waals surface area contributed by atoms with Crippen LogP contribution in [0.5, 0.6) is 5.75 Å². The number of aromatic carboxylic acids is 1. The van der Waals surface area contributed by atoms with Gasteiger partial charge in [-0.05, 0) is 27.0 Å². The summed E-state index contributed by atoms with van der Waals surface area (Å²) in [5.74, 6) is -1.54. The molecule has 0 spiro atoms. The van der Waals surface area contributed by atoms with Gasteiger partial charge in [0.15, 0.2) is 11.6 Å². The van der Waals surface area contributed by atoms with Crippen molar-refractivity contribution < 1.29 is 24.1 Å². The number of piperazine rings is 1. The minimum Gasteiger partial charge on any atom is -0.487 e. The number of aromatic nitrogens is 1. The van der Waals surface area contributed by atoms with E-state index in [1.807, 2.05) is 18.9 Å². The van der Waals surface area contributed by atoms with Crippen LogP contribution in [0, 0.1) is 5.82 Å². The Morgan fingerprint density at radius 3 is 2.52 bits per heavy atom. The van der Waals surface area contributed by atoms with E-state index in [1.54, 1.807) is 11.5 Å². The lowest BCUT2D eigenvalue weighted by Gasteiger charge is -2.37. The van der Waals surface area contributed by atoms with Crippen LogP contribution < -0.4 is 15.1 Å². The number of aliphatic hydroxyl groups is 1. The zero-order chi connectivity index (χ0) is 21.3. The number of carboxylic acid groups (broad SMARTS) is 1. The number of aliphatic hydroxyl groups excluding tert-OH is 1. The van der Waals surface area contributed by atoms with Gasteiger partial charge >= 0.3 is 5.97 Å². The molecule has 2 N–H and O–H groups in total. The van der Waals surface area contributed by atoms with Crippen molar-refractivity contribution in [1.29, 1.82) is 0 Å². The molecule has 29 heavy (non-hydrogen) atoms. The number of nitrogens with zero attached hydrogens (tertiary/aromatic N) is 3. The Balaban J connectivity index is 0.000000755. The Kier molecular flexibility index (Phi) is 6.09. The number of anilines is 1. The fourth-order valence-electron chi connectivity index (χ4n) is 3.69. The predicted octanol–water partition coefficient (Wildman–Crippen LogP) is 1.54. The lowest BCUT2D eigenvalue weighted by atomic mass is 10.1. The van der Waals surface area contributed by atoms with Crippen molar-refractivity contribution in [1.82, 2.24) is 9.47 Å². The number of pyridine rings is 1. The molecule has 8 nitrogen and oxygen atoms in total. The molecule has 0 bridgehead atoms. The maximum Gasteiger partial charge on any atom is 0.341 e. The van der Waals surface area contributed by atoms with E-state index in [0.717, 1.165) is 19.2 Å². The van der Waals surface area contributed by atoms with Gasteiger partial charge in [0, 0.05) is 39.0 Å². The third-order valence-electron chi connectivity index (χ3n) is 5.19. The number of benzene rings is 1. The van der Waals surface area contributed by atoms with Crippen molar-refractivity contribution in [3.8, 4) is 5.75 Å². The lowest BCUT2D eigenvalue weighted by Crippen LogP contribution is -2.45. The topological polar surface area (TPSA) is 95.2 Å². The number of rotatable bonds is 2. The van der Waals surface area contributed by atoms with Gasteiger partial charge in [0.05, 0.1) is 16.9 Å². The highest BCUT2D eigenvalue weighted by molar-refractivity contribution is 5.97. The van der Waals surface area contributed by atoms with Gasteiger partial charge in [-0.1, -0.05) is 0 Å². The summed E-state index contributed by atoms with van der Waals surface area (Å²) in [5.41, 5.74) is -0.224. The van der Waals surface area contributed by atoms with Crippen molar-refractivity contribution in [2.45, 2.75) is 19.9 Å². The second kappa shape index (κ2) is 8.38. The number of likely N-dealkylation sites (N-methyl/N-ethyl adjacent to an activating group) is 1. The maximum atomic E-state index is 15.0. The van der Waals surface area contributed by atoms with Crippen LogP contribution in [0.3, 0.4) is 0 Å². The first-order valence-corrected chi connectivity index (χ1v) is 9.61. The Labute approximate surface area is 167 Å². The molecule has 9 heteroatoms. The Morgan fingerprint density at radius 2 is 1.93 bits per heavy atom. The van der Waals surface area contributed by atoms with Gasteiger partial charge in [-0.3, -0.25) is 4.79 Å². The summed E-state index contributed by atoms with van der Waals surface area (Å²) in [4.78, 5) is 28.1. The molecule has 0 radical (unpaired) electrons. The van der Waals surface area contributed by atoms with Crippen molar-refractivity contribution in [2.24, 2.45) is 0 Å². The number of hydrogen-bond donors (Lipinski definition) is 2. The second-order valence-corrected chi connectivity index (χ2v) is 7.28. The molecule has 1 atom stereocenters. The van der Waals surface area contributed by atoms with Crippen molar-refractivity contribution >= 4 is 22.6 Å². The fourth-order valence-corrected chi connectivity index (χ4v) is 3.69. The van der Waals surface area contributed by atoms with Crippen LogP contribution >= 0.6 is 0 Å². The average molecular weight is 407 g/mol. The molecule has 0 saturated carbocycles. The first kappa shape index (κ1) is 21.1. The van der Waals surface area contributed by atoms with Crippen LogP contribution in [0.4, 0.5) is 10.1 Å². The van der Waals surface area contributed by atoms with Gasteiger partial charge < -0.3 is 29.3 Å². The molecule has 1 aromatic heterocycles. The highest BCUT2D eigenvalue weighted by Crippen LogP contribution is 2.42. The van der Waals surface area contributed by atoms with E-state index < -0.39 is 17.2 Å². The summed E-state index contributed by atoms with van der Waals surface area (Å²) in [6.45, 7) is 7.01. The van der Waals surface area contributed by atoms with Crippen LogP contribution in [0.15, 0.2) is 17.1 Å². The highest BCUT2D eigenvalue weighted by atomic mass is 19.1. The summed E-state index contributed by atoms with van der Waals surface area (Å²) < 4.78 is 22.6. The number of halogens is 1. The van der Waals surface area contributed by atoms with Crippen LogP contribution in [0.1, 0.15) is 30.2 Å². The molecular formula is C20H26FN3O5. The van der Waals surface area contributed by atoms with Crippen LogP contribution in [0.25, 0.3) is 10.9 Å². The molecule has 4 rings (SSSR count). The monoisotopic (exact) mass is 407 g/mol. The summed E-state index contributed by atoms with van der Waals surface area (Å²) in [7, 11) is 2.02. The zero-order valence-electron chi connectivity index (χ0n) is 16.8. The minimum atomic E-state index is -1.32. The van der Waals surface area contributed by atoms with E-state index in [-0.39, 0.29) is 30.2 Å². The molecule has 1 unspecified atom stereocenters. The van der Waals surface area contributed by atoms with Gasteiger partial charge in [0.2, 0.25) is 5.43 Å². The number of ether oxygens (including phenoxy) is 1. The van der Waals surface area contributed by atoms with Crippen molar-refractivity contribution in [3.63, 3.8) is 0 Å². The summed E-state index contributed by atoms with van der Waals surface area (Å²) in [6, 6.07) is 0.994. The molecule has 2 aromatic rings. The predicted molar refractivity (Wildman–Crippen MR) is 108 cm³/mol. The van der Waals surface area contributed by atoms with Crippen LogP contribution in [-0.4, -0.2) is 72.1 Å². The quantitative estimate of drug-likeness (QED) is 0.780. The maximum absolute atomic E-state index is 15.0. The highest BCUT2D eigenvalue weighted by Gasteiger charge is 2.30. The molecule has 2 aliphatic heterocycles. The molecule has 0 amide bonds. The number of carboxylic acids is 1. The second-order valence-electron chi connectivity index (χ2n) is 7.28. The molecule has 0 aliphatic carbocycles. The number of hydrogen-bond acceptors (Lipinski definition) is 6. The van der Waals surface area contributed by atoms with Crippen LogP contribution in [0.2, 0.25) is 0 Å². The Bertz CT molecular complexity index is 982. The lowest BCUT2D eigenvalue weighted by molar-refractivity contribution is 0.0694. The smallest absolute Gasteiger partial charge is 0.341 e. The van der Waals surface area contributed by atoms with E-state index >= 15 is 0 Å². The van der Waals surface area contributed by atoms with E-state index in [4.69, 9.17) is 9.84 Å². The summed E-state index contributed by atoms with van der Waals surface area (Å²) in [6.07, 6.45) is 1.34. The Hall–Kier alpha value is -2.65. The molecule has 3 heterocycles. The normalized spacial score (nSPS) is 18.8. The van der Waals surface area contributed by atoms with E-state index in [0.29, 0.717) is 30.0 Å². The van der Waals surface area contributed by atoms with Gasteiger partial charge in [-0.2, -0.15) is 0 Å². The molecule has 158 valence electrons. The number of carbonyl (C=O) groups is 1. The van der Waals surface area contributed by atoms with Gasteiger partial charge in [-0.25, -0.2) is 9.18 Å². The van der Waals surface area contributed by atoms with E-state index in [9.17, 15) is 19.1 Å². The molecule has 1 saturated heterocycles. The minimum absolute atomic E-state index is 0.0434. The molecule has 2 aliphatic rings. The third-order valence-corrected chi connectivity index (χ3v) is 5.19. The van der Waals surface area contributed by atoms with E-state index in [2.05, 4.69) is 4.90 Å². The standard InChI is InChI=1S/C18H20FN3O4.C2H6O/c1-10-9-26-17-14-11(16(23)12(18(24)25)8-22(10)14)7-13(19)15(17)21-5-3-20(2)4-6-21;1-2-3/h7-8,10H,3-6,9H2,1-2H3,(H,24,25);3H,2H2,1H3. The van der Waals surface area contributed by atoms with Crippen molar-refractivity contribution in [2.75, 3.05) is 51.3 Å². The van der Waals surface area contributed by atoms with Crippen molar-refractivity contribution in [3.05, 3.63) is 33.9 Å². The average Bonchev–Trinajstić information content (AvgIpc) is 2.67. The first-order chi connectivity index (χ1) is 13.8. The zero-order valence-corrected chi connectivity index (χ0v) is 16.8. The first-order valence-electron chi connectivity index (χ1n) is 9.61. The molecule has 1 fully saturated rings. The third kappa shape index (κ3) is 3.79. The van der Waals surface area contributed by atoms with E-state index in [1.165, 1.54) is 6.20 Å². The van der Waals surface area contributed by atoms with Gasteiger partial charge in [-0.15, -0.1) is 0 Å². The molecular weight excluding hydrogens is 381 g/mol. The van der Waals surface area contributed by atoms with Gasteiger partial charge in [0.25, 0.3) is 0 Å². The summed E-state index contributed by atoms with van der Waals surface area (Å²) >= 11 is 0. The molecule has 1 aromatic carbocycles.